The van der Waals surface area contributed by atoms with Gasteiger partial charge in [-0.2, -0.15) is 0 Å². The Morgan fingerprint density at radius 2 is 2.56 bits per heavy atom. The van der Waals surface area contributed by atoms with Crippen molar-refractivity contribution in [2.75, 3.05) is 0 Å². The first-order valence-electron chi connectivity index (χ1n) is 2.27. The molecule has 0 aliphatic rings. The Morgan fingerprint density at radius 3 is 3.44 bits per heavy atom. The van der Waals surface area contributed by atoms with Gasteiger partial charge in [-0.05, 0) is 0 Å². The molecule has 0 N–H and O–H groups in total. The molecule has 0 atom stereocenters. The third-order valence-electron chi connectivity index (χ3n) is 0.872. The van der Waals surface area contributed by atoms with E-state index in [0.29, 0.717) is 5.65 Å². The second-order valence-corrected chi connectivity index (χ2v) is 2.23. The van der Waals surface area contributed by atoms with E-state index in [-0.39, 0.29) is 0 Å². The summed E-state index contributed by atoms with van der Waals surface area (Å²) < 4.78 is 0. The van der Waals surface area contributed by atoms with Crippen LogP contribution in [0.25, 0.3) is 10.5 Å². The largest absolute Gasteiger partial charge is 0.223 e. The fourth-order valence-electron chi connectivity index (χ4n) is 0.517. The van der Waals surface area contributed by atoms with Crippen molar-refractivity contribution in [3.05, 3.63) is 11.8 Å². The summed E-state index contributed by atoms with van der Waals surface area (Å²) >= 11 is 1.42. The number of rotatable bonds is 0. The zero-order valence-corrected chi connectivity index (χ0v) is 5.09. The van der Waals surface area contributed by atoms with Crippen molar-refractivity contribution in [1.29, 1.82) is 0 Å². The normalized spacial score (nSPS) is 10.2. The molecule has 0 saturated heterocycles. The number of fused-ring (bicyclic) bond motifs is 1. The molecule has 9 heavy (non-hydrogen) atoms. The summed E-state index contributed by atoms with van der Waals surface area (Å²) in [5, 5.41) is 7.20. The molecule has 0 amide bonds. The Kier molecular flexibility index (Phi) is 0.895. The number of hydrogen-bond acceptors (Lipinski definition) is 5. The fourth-order valence-corrected chi connectivity index (χ4v) is 1.06. The summed E-state index contributed by atoms with van der Waals surface area (Å²) in [7, 11) is 0. The molecule has 4 nitrogen and oxygen atoms in total. The Morgan fingerprint density at radius 1 is 1.56 bits per heavy atom. The molecule has 2 rings (SSSR count). The topological polar surface area (TPSA) is 51.6 Å². The summed E-state index contributed by atoms with van der Waals surface area (Å²) in [6.45, 7) is 0. The highest BCUT2D eigenvalue weighted by Gasteiger charge is 1.94. The molecule has 43 valence electrons. The molecular weight excluding hydrogens is 136 g/mol. The summed E-state index contributed by atoms with van der Waals surface area (Å²) in [6.07, 6.45) is 2.35. The predicted octanol–water partition coefficient (Wildman–Crippen LogP) is 0.281. The van der Waals surface area contributed by atoms with E-state index in [0.717, 1.165) is 4.83 Å². The van der Waals surface area contributed by atoms with Crippen LogP contribution in [0, 0.1) is 6.33 Å². The number of nitrogens with zero attached hydrogens (tertiary/aromatic N) is 4. The first-order chi connectivity index (χ1) is 4.47. The van der Waals surface area contributed by atoms with Crippen molar-refractivity contribution in [3.8, 4) is 0 Å². The van der Waals surface area contributed by atoms with Gasteiger partial charge < -0.3 is 0 Å². The van der Waals surface area contributed by atoms with Gasteiger partial charge in [0.05, 0.1) is 5.51 Å². The van der Waals surface area contributed by atoms with Crippen LogP contribution in [-0.4, -0.2) is 20.2 Å². The smallest absolute Gasteiger partial charge is 0.223 e. The van der Waals surface area contributed by atoms with Crippen molar-refractivity contribution in [2.24, 2.45) is 0 Å². The van der Waals surface area contributed by atoms with E-state index in [1.54, 1.807) is 5.51 Å². The zero-order chi connectivity index (χ0) is 6.10. The predicted molar refractivity (Wildman–Crippen MR) is 31.8 cm³/mol. The minimum Gasteiger partial charge on any atom is -0.223 e. The van der Waals surface area contributed by atoms with Gasteiger partial charge in [0.15, 0.2) is 10.5 Å². The molecular formula is C4HN4S. The lowest BCUT2D eigenvalue weighted by Gasteiger charge is -1.76. The highest BCUT2D eigenvalue weighted by molar-refractivity contribution is 7.16. The van der Waals surface area contributed by atoms with Gasteiger partial charge in [0.25, 0.3) is 0 Å². The van der Waals surface area contributed by atoms with Crippen molar-refractivity contribution in [2.45, 2.75) is 0 Å². The van der Waals surface area contributed by atoms with Crippen molar-refractivity contribution >= 4 is 21.8 Å². The van der Waals surface area contributed by atoms with E-state index in [4.69, 9.17) is 0 Å². The van der Waals surface area contributed by atoms with Crippen LogP contribution in [-0.2, 0) is 0 Å². The standard InChI is InChI=1S/C4HN4S/c1-5-3-4(8-7-1)9-2-6-3/h2H. The minimum absolute atomic E-state index is 0.620. The molecule has 0 spiro atoms. The fraction of sp³-hybridized carbons (Fsp3) is 0. The lowest BCUT2D eigenvalue weighted by atomic mass is 10.8. The van der Waals surface area contributed by atoms with Crippen LogP contribution in [0.4, 0.5) is 0 Å². The molecule has 0 aromatic carbocycles. The molecule has 0 bridgehead atoms. The molecule has 0 aliphatic heterocycles. The Balaban J connectivity index is 2.95. The van der Waals surface area contributed by atoms with Crippen molar-refractivity contribution in [3.63, 3.8) is 0 Å². The monoisotopic (exact) mass is 137 g/mol. The number of aromatic nitrogens is 4. The van der Waals surface area contributed by atoms with Crippen LogP contribution < -0.4 is 0 Å². The average molecular weight is 137 g/mol. The lowest BCUT2D eigenvalue weighted by molar-refractivity contribution is 1.01. The van der Waals surface area contributed by atoms with Crippen LogP contribution in [0.2, 0.25) is 0 Å². The second kappa shape index (κ2) is 1.70. The first kappa shape index (κ1) is 4.75. The summed E-state index contributed by atoms with van der Waals surface area (Å²) in [4.78, 5) is 8.39. The van der Waals surface area contributed by atoms with Gasteiger partial charge in [-0.25, -0.2) is 9.97 Å². The minimum atomic E-state index is 0.620. The average Bonchev–Trinajstić information content (AvgIpc) is 2.33. The van der Waals surface area contributed by atoms with Crippen LogP contribution >= 0.6 is 11.3 Å². The molecule has 0 unspecified atom stereocenters. The molecule has 2 heterocycles. The highest BCUT2D eigenvalue weighted by Crippen LogP contribution is 2.08. The van der Waals surface area contributed by atoms with Crippen molar-refractivity contribution < 1.29 is 0 Å². The Bertz CT molecular complexity index is 287. The van der Waals surface area contributed by atoms with Crippen LogP contribution in [0.3, 0.4) is 0 Å². The van der Waals surface area contributed by atoms with E-state index in [2.05, 4.69) is 26.5 Å². The van der Waals surface area contributed by atoms with Gasteiger partial charge in [0, 0.05) is 0 Å². The van der Waals surface area contributed by atoms with Gasteiger partial charge in [0.1, 0.15) is 0 Å². The molecule has 2 aromatic rings. The maximum absolute atomic E-state index is 3.89. The first-order valence-corrected chi connectivity index (χ1v) is 3.15. The highest BCUT2D eigenvalue weighted by atomic mass is 32.1. The Hall–Kier alpha value is -1.10. The maximum Gasteiger partial charge on any atom is 0.223 e. The number of thiazole rings is 1. The Labute approximate surface area is 54.6 Å². The van der Waals surface area contributed by atoms with Gasteiger partial charge in [-0.1, -0.05) is 11.3 Å². The maximum atomic E-state index is 3.89. The van der Waals surface area contributed by atoms with E-state index >= 15 is 0 Å². The quantitative estimate of drug-likeness (QED) is 0.523. The number of hydrogen-bond donors (Lipinski definition) is 0. The molecule has 1 radical (unpaired) electrons. The molecule has 0 aliphatic carbocycles. The summed E-state index contributed by atoms with van der Waals surface area (Å²) in [5.74, 6) is 0. The third kappa shape index (κ3) is 0.655. The van der Waals surface area contributed by atoms with Crippen molar-refractivity contribution in [1.82, 2.24) is 20.2 Å². The second-order valence-electron chi connectivity index (χ2n) is 1.39. The van der Waals surface area contributed by atoms with Crippen LogP contribution in [0.1, 0.15) is 0 Å². The molecule has 2 aromatic heterocycles. The van der Waals surface area contributed by atoms with E-state index in [9.17, 15) is 0 Å². The van der Waals surface area contributed by atoms with E-state index in [1.807, 2.05) is 0 Å². The summed E-state index contributed by atoms with van der Waals surface area (Å²) in [5.41, 5.74) is 2.30. The van der Waals surface area contributed by atoms with Gasteiger partial charge >= 0.3 is 0 Å². The van der Waals surface area contributed by atoms with Gasteiger partial charge in [-0.3, -0.25) is 0 Å². The van der Waals surface area contributed by atoms with Gasteiger partial charge in [-0.15, -0.1) is 10.2 Å². The van der Waals surface area contributed by atoms with Crippen LogP contribution in [0.15, 0.2) is 5.51 Å². The molecule has 0 saturated carbocycles. The van der Waals surface area contributed by atoms with E-state index in [1.165, 1.54) is 11.3 Å². The van der Waals surface area contributed by atoms with E-state index < -0.39 is 0 Å². The SMILES string of the molecule is [c]1nnc2scnc2n1. The lowest BCUT2D eigenvalue weighted by Crippen LogP contribution is -1.82. The molecule has 0 fully saturated rings. The van der Waals surface area contributed by atoms with Crippen LogP contribution in [0.5, 0.6) is 0 Å². The zero-order valence-electron chi connectivity index (χ0n) is 4.27. The van der Waals surface area contributed by atoms with Gasteiger partial charge in [0.2, 0.25) is 6.33 Å². The summed E-state index contributed by atoms with van der Waals surface area (Å²) in [6, 6.07) is 0. The third-order valence-corrected chi connectivity index (χ3v) is 1.57. The molecule has 5 heteroatoms.